The fourth-order valence-corrected chi connectivity index (χ4v) is 6.09. The van der Waals surface area contributed by atoms with Crippen molar-refractivity contribution in [3.8, 4) is 5.75 Å². The van der Waals surface area contributed by atoms with Gasteiger partial charge in [-0.1, -0.05) is 18.6 Å². The number of benzene rings is 1. The first-order valence-electron chi connectivity index (χ1n) is 11.2. The molecule has 2 atom stereocenters. The number of fused-ring (bicyclic) bond motifs is 1. The number of thiophene rings is 1. The first kappa shape index (κ1) is 22.0. The lowest BCUT2D eigenvalue weighted by Gasteiger charge is -2.27. The topological polar surface area (TPSA) is 64.6 Å². The van der Waals surface area contributed by atoms with Crippen LogP contribution in [0.5, 0.6) is 5.75 Å². The second-order valence-electron chi connectivity index (χ2n) is 8.57. The van der Waals surface area contributed by atoms with Crippen LogP contribution in [0.15, 0.2) is 24.3 Å². The minimum atomic E-state index is -0.0534. The van der Waals surface area contributed by atoms with Gasteiger partial charge in [0.15, 0.2) is 5.78 Å². The lowest BCUT2D eigenvalue weighted by atomic mass is 9.86. The molecule has 1 fully saturated rings. The average Bonchev–Trinajstić information content (AvgIpc) is 3.17. The summed E-state index contributed by atoms with van der Waals surface area (Å²) in [6.45, 7) is 0. The fourth-order valence-electron chi connectivity index (χ4n) is 4.78. The molecule has 1 aromatic heterocycles. The van der Waals surface area contributed by atoms with Crippen LogP contribution < -0.4 is 10.1 Å². The van der Waals surface area contributed by atoms with Crippen molar-refractivity contribution in [3.05, 3.63) is 45.8 Å². The Hall–Kier alpha value is -2.18. The largest absolute Gasteiger partial charge is 0.497 e. The molecule has 0 spiro atoms. The number of hydrogen-bond acceptors (Lipinski definition) is 5. The number of anilines is 1. The highest BCUT2D eigenvalue weighted by Crippen LogP contribution is 2.39. The van der Waals surface area contributed by atoms with Gasteiger partial charge >= 0.3 is 0 Å². The van der Waals surface area contributed by atoms with Gasteiger partial charge in [-0.2, -0.15) is 0 Å². The lowest BCUT2D eigenvalue weighted by Crippen LogP contribution is -2.31. The number of methoxy groups -OCH3 is 2. The van der Waals surface area contributed by atoms with Gasteiger partial charge in [-0.3, -0.25) is 9.59 Å². The van der Waals surface area contributed by atoms with Crippen LogP contribution in [0.4, 0.5) is 5.00 Å². The quantitative estimate of drug-likeness (QED) is 0.600. The molecule has 1 amide bonds. The molecule has 2 aromatic rings. The van der Waals surface area contributed by atoms with Crippen molar-refractivity contribution >= 4 is 28.0 Å². The van der Waals surface area contributed by atoms with E-state index in [1.54, 1.807) is 25.6 Å². The Balaban J connectivity index is 1.55. The summed E-state index contributed by atoms with van der Waals surface area (Å²) in [4.78, 5) is 27.7. The Labute approximate surface area is 188 Å². The summed E-state index contributed by atoms with van der Waals surface area (Å²) in [5.41, 5.74) is 2.85. The number of aryl methyl sites for hydroxylation is 1. The van der Waals surface area contributed by atoms with Crippen LogP contribution >= 0.6 is 11.3 Å². The van der Waals surface area contributed by atoms with E-state index in [0.717, 1.165) is 78.8 Å². The third-order valence-electron chi connectivity index (χ3n) is 6.54. The molecule has 166 valence electrons. The van der Waals surface area contributed by atoms with Crippen LogP contribution in [0.2, 0.25) is 0 Å². The number of carbonyl (C=O) groups is 2. The van der Waals surface area contributed by atoms with Crippen LogP contribution in [0.1, 0.15) is 64.9 Å². The second kappa shape index (κ2) is 9.96. The van der Waals surface area contributed by atoms with Crippen LogP contribution in [0.3, 0.4) is 0 Å². The number of nitrogens with one attached hydrogen (secondary N) is 1. The number of rotatable bonds is 7. The average molecular weight is 442 g/mol. The summed E-state index contributed by atoms with van der Waals surface area (Å²) in [6.07, 6.45) is 8.27. The Bertz CT molecular complexity index is 934. The molecule has 0 bridgehead atoms. The van der Waals surface area contributed by atoms with Crippen molar-refractivity contribution in [1.29, 1.82) is 0 Å². The molecule has 0 aliphatic heterocycles. The molecule has 5 nitrogen and oxygen atoms in total. The van der Waals surface area contributed by atoms with Crippen LogP contribution in [0.25, 0.3) is 0 Å². The summed E-state index contributed by atoms with van der Waals surface area (Å²) < 4.78 is 10.7. The maximum atomic E-state index is 13.4. The molecule has 2 unspecified atom stereocenters. The third kappa shape index (κ3) is 5.01. The normalized spacial score (nSPS) is 20.7. The van der Waals surface area contributed by atoms with Gasteiger partial charge in [-0.25, -0.2) is 0 Å². The highest BCUT2D eigenvalue weighted by atomic mass is 32.1. The smallest absolute Gasteiger partial charge is 0.228 e. The monoisotopic (exact) mass is 441 g/mol. The Morgan fingerprint density at radius 1 is 1.06 bits per heavy atom. The third-order valence-corrected chi connectivity index (χ3v) is 7.75. The van der Waals surface area contributed by atoms with Gasteiger partial charge in [-0.15, -0.1) is 11.3 Å². The Morgan fingerprint density at radius 2 is 1.84 bits per heavy atom. The zero-order valence-electron chi connectivity index (χ0n) is 18.4. The van der Waals surface area contributed by atoms with E-state index in [4.69, 9.17) is 9.47 Å². The maximum absolute atomic E-state index is 13.4. The van der Waals surface area contributed by atoms with E-state index in [9.17, 15) is 9.59 Å². The van der Waals surface area contributed by atoms with Crippen molar-refractivity contribution in [2.24, 2.45) is 5.92 Å². The van der Waals surface area contributed by atoms with Crippen molar-refractivity contribution < 1.29 is 19.1 Å². The minimum Gasteiger partial charge on any atom is -0.497 e. The molecule has 1 heterocycles. The first-order chi connectivity index (χ1) is 15.1. The SMILES string of the molecule is COc1ccc(CC(=O)c2c(NC(=O)C3CCCC(OC)C3)sc3c2CCCC3)cc1. The van der Waals surface area contributed by atoms with Gasteiger partial charge in [0.25, 0.3) is 0 Å². The van der Waals surface area contributed by atoms with Crippen LogP contribution in [-0.2, 0) is 28.8 Å². The molecule has 1 saturated carbocycles. The van der Waals surface area contributed by atoms with Gasteiger partial charge in [0.1, 0.15) is 10.8 Å². The zero-order valence-corrected chi connectivity index (χ0v) is 19.2. The molecule has 2 aliphatic rings. The second-order valence-corrected chi connectivity index (χ2v) is 9.68. The fraction of sp³-hybridized carbons (Fsp3) is 0.520. The van der Waals surface area contributed by atoms with Gasteiger partial charge < -0.3 is 14.8 Å². The number of ketones is 1. The lowest BCUT2D eigenvalue weighted by molar-refractivity contribution is -0.122. The van der Waals surface area contributed by atoms with Crippen molar-refractivity contribution in [1.82, 2.24) is 0 Å². The summed E-state index contributed by atoms with van der Waals surface area (Å²) in [5.74, 6) is 0.832. The van der Waals surface area contributed by atoms with E-state index in [2.05, 4.69) is 5.32 Å². The number of ether oxygens (including phenoxy) is 2. The summed E-state index contributed by atoms with van der Waals surface area (Å²) in [5, 5.41) is 3.90. The van der Waals surface area contributed by atoms with Gasteiger partial charge in [-0.05, 0) is 68.2 Å². The zero-order chi connectivity index (χ0) is 21.8. The molecule has 0 radical (unpaired) electrons. The van der Waals surface area contributed by atoms with E-state index in [-0.39, 0.29) is 23.7 Å². The molecule has 4 rings (SSSR count). The van der Waals surface area contributed by atoms with E-state index >= 15 is 0 Å². The number of hydrogen-bond donors (Lipinski definition) is 1. The van der Waals surface area contributed by atoms with E-state index in [1.165, 1.54) is 4.88 Å². The van der Waals surface area contributed by atoms with Gasteiger partial charge in [0, 0.05) is 24.3 Å². The molecular weight excluding hydrogens is 410 g/mol. The van der Waals surface area contributed by atoms with Crippen molar-refractivity contribution in [2.75, 3.05) is 19.5 Å². The Morgan fingerprint density at radius 3 is 2.58 bits per heavy atom. The summed E-state index contributed by atoms with van der Waals surface area (Å²) >= 11 is 1.60. The highest BCUT2D eigenvalue weighted by molar-refractivity contribution is 7.17. The predicted octanol–water partition coefficient (Wildman–Crippen LogP) is 5.20. The summed E-state index contributed by atoms with van der Waals surface area (Å²) in [6, 6.07) is 7.62. The molecule has 0 saturated heterocycles. The molecule has 1 aromatic carbocycles. The molecule has 2 aliphatic carbocycles. The Kier molecular flexibility index (Phi) is 7.08. The van der Waals surface area contributed by atoms with Crippen molar-refractivity contribution in [2.45, 2.75) is 63.9 Å². The highest BCUT2D eigenvalue weighted by Gasteiger charge is 2.30. The molecule has 31 heavy (non-hydrogen) atoms. The number of carbonyl (C=O) groups excluding carboxylic acids is 2. The number of amides is 1. The number of Topliss-reactive ketones (excluding diaryl/α,β-unsaturated/α-hetero) is 1. The standard InChI is InChI=1S/C25H31NO4S/c1-29-18-12-10-16(11-13-18)14-21(27)23-20-8-3-4-9-22(20)31-25(23)26-24(28)17-6-5-7-19(15-17)30-2/h10-13,17,19H,3-9,14-15H2,1-2H3,(H,26,28). The van der Waals surface area contributed by atoms with E-state index in [0.29, 0.717) is 6.42 Å². The summed E-state index contributed by atoms with van der Waals surface area (Å²) in [7, 11) is 3.35. The van der Waals surface area contributed by atoms with Gasteiger partial charge in [0.2, 0.25) is 5.91 Å². The van der Waals surface area contributed by atoms with Gasteiger partial charge in [0.05, 0.1) is 18.8 Å². The first-order valence-corrected chi connectivity index (χ1v) is 12.0. The molecule has 1 N–H and O–H groups in total. The molecular formula is C25H31NO4S. The van der Waals surface area contributed by atoms with E-state index in [1.807, 2.05) is 24.3 Å². The minimum absolute atomic E-state index is 0.0267. The maximum Gasteiger partial charge on any atom is 0.228 e. The van der Waals surface area contributed by atoms with Crippen LogP contribution in [-0.4, -0.2) is 32.0 Å². The molecule has 6 heteroatoms. The van der Waals surface area contributed by atoms with Crippen LogP contribution in [0, 0.1) is 5.92 Å². The predicted molar refractivity (Wildman–Crippen MR) is 123 cm³/mol. The van der Waals surface area contributed by atoms with E-state index < -0.39 is 0 Å². The van der Waals surface area contributed by atoms with Crippen molar-refractivity contribution in [3.63, 3.8) is 0 Å².